The molecule has 0 aliphatic heterocycles. The maximum atomic E-state index is 13.6. The number of carbonyl (C=O) groups excluding carboxylic acids is 1. The molecule has 0 bridgehead atoms. The van der Waals surface area contributed by atoms with Gasteiger partial charge in [0.05, 0.1) is 11.3 Å². The minimum absolute atomic E-state index is 0.122. The Balaban J connectivity index is 2.02. The Hall–Kier alpha value is -0.900. The zero-order valence-corrected chi connectivity index (χ0v) is 11.2. The van der Waals surface area contributed by atoms with Crippen molar-refractivity contribution in [3.8, 4) is 0 Å². The topological polar surface area (TPSA) is 17.1 Å². The zero-order chi connectivity index (χ0) is 13.1. The molecule has 1 aromatic rings. The van der Waals surface area contributed by atoms with Crippen LogP contribution in [-0.4, -0.2) is 16.8 Å². The molecule has 0 spiro atoms. The standard InChI is InChI=1S/C14H16F2OS/c1-9-6-7-11(14(16)13(9)15)12(17)8-18-10-4-2-3-5-10/h6-7,10H,2-5,8H2,1H3. The molecule has 4 heteroatoms. The van der Waals surface area contributed by atoms with Crippen LogP contribution < -0.4 is 0 Å². The first-order chi connectivity index (χ1) is 8.59. The molecule has 0 atom stereocenters. The molecule has 1 saturated carbocycles. The summed E-state index contributed by atoms with van der Waals surface area (Å²) >= 11 is 1.57. The molecule has 1 fully saturated rings. The third-order valence-corrected chi connectivity index (χ3v) is 4.70. The SMILES string of the molecule is Cc1ccc(C(=O)CSC2CCCC2)c(F)c1F. The molecule has 18 heavy (non-hydrogen) atoms. The molecule has 0 aromatic heterocycles. The van der Waals surface area contributed by atoms with E-state index in [-0.39, 0.29) is 22.7 Å². The summed E-state index contributed by atoms with van der Waals surface area (Å²) in [6, 6.07) is 2.83. The molecule has 0 radical (unpaired) electrons. The first-order valence-electron chi connectivity index (χ1n) is 6.19. The summed E-state index contributed by atoms with van der Waals surface area (Å²) in [5, 5.41) is 0.507. The smallest absolute Gasteiger partial charge is 0.175 e. The number of halogens is 2. The number of thioether (sulfide) groups is 1. The third kappa shape index (κ3) is 2.91. The van der Waals surface area contributed by atoms with Crippen LogP contribution in [-0.2, 0) is 0 Å². The molecule has 0 N–H and O–H groups in total. The fourth-order valence-corrected chi connectivity index (χ4v) is 3.40. The first-order valence-corrected chi connectivity index (χ1v) is 7.24. The van der Waals surface area contributed by atoms with E-state index < -0.39 is 11.6 Å². The molecule has 0 saturated heterocycles. The first kappa shape index (κ1) is 13.5. The highest BCUT2D eigenvalue weighted by Gasteiger charge is 2.20. The molecular weight excluding hydrogens is 254 g/mol. The van der Waals surface area contributed by atoms with Crippen molar-refractivity contribution in [1.29, 1.82) is 0 Å². The number of aryl methyl sites for hydroxylation is 1. The van der Waals surface area contributed by atoms with Crippen molar-refractivity contribution in [2.75, 3.05) is 5.75 Å². The Bertz CT molecular complexity index is 453. The molecule has 1 aliphatic rings. The van der Waals surface area contributed by atoms with Crippen molar-refractivity contribution < 1.29 is 13.6 Å². The van der Waals surface area contributed by atoms with E-state index in [9.17, 15) is 13.6 Å². The average molecular weight is 270 g/mol. The van der Waals surface area contributed by atoms with Gasteiger partial charge in [-0.05, 0) is 31.4 Å². The molecule has 1 nitrogen and oxygen atoms in total. The second-order valence-electron chi connectivity index (χ2n) is 4.70. The van der Waals surface area contributed by atoms with E-state index in [1.54, 1.807) is 11.8 Å². The largest absolute Gasteiger partial charge is 0.293 e. The van der Waals surface area contributed by atoms with Crippen molar-refractivity contribution in [3.05, 3.63) is 34.9 Å². The lowest BCUT2D eigenvalue weighted by Crippen LogP contribution is -2.10. The second-order valence-corrected chi connectivity index (χ2v) is 5.99. The van der Waals surface area contributed by atoms with Gasteiger partial charge in [0, 0.05) is 5.25 Å². The summed E-state index contributed by atoms with van der Waals surface area (Å²) in [6.07, 6.45) is 4.67. The van der Waals surface area contributed by atoms with E-state index in [1.807, 2.05) is 0 Å². The average Bonchev–Trinajstić information content (AvgIpc) is 2.86. The second kappa shape index (κ2) is 5.83. The van der Waals surface area contributed by atoms with Crippen LogP contribution in [0.25, 0.3) is 0 Å². The van der Waals surface area contributed by atoms with Crippen LogP contribution in [0.15, 0.2) is 12.1 Å². The minimum Gasteiger partial charge on any atom is -0.293 e. The Morgan fingerprint density at radius 2 is 1.94 bits per heavy atom. The van der Waals surface area contributed by atoms with E-state index in [4.69, 9.17) is 0 Å². The maximum absolute atomic E-state index is 13.6. The van der Waals surface area contributed by atoms with Gasteiger partial charge in [0.25, 0.3) is 0 Å². The quantitative estimate of drug-likeness (QED) is 0.765. The van der Waals surface area contributed by atoms with E-state index in [0.29, 0.717) is 5.25 Å². The Morgan fingerprint density at radius 1 is 1.28 bits per heavy atom. The normalized spacial score (nSPS) is 16.2. The number of ketones is 1. The fraction of sp³-hybridized carbons (Fsp3) is 0.500. The number of benzene rings is 1. The highest BCUT2D eigenvalue weighted by Crippen LogP contribution is 2.30. The van der Waals surface area contributed by atoms with Gasteiger partial charge >= 0.3 is 0 Å². The number of hydrogen-bond donors (Lipinski definition) is 0. The van der Waals surface area contributed by atoms with Gasteiger partial charge in [0.1, 0.15) is 0 Å². The molecule has 1 aromatic carbocycles. The van der Waals surface area contributed by atoms with Crippen LogP contribution in [0.5, 0.6) is 0 Å². The predicted molar refractivity (Wildman–Crippen MR) is 70.1 cm³/mol. The highest BCUT2D eigenvalue weighted by molar-refractivity contribution is 8.00. The van der Waals surface area contributed by atoms with Gasteiger partial charge in [0.15, 0.2) is 17.4 Å². The van der Waals surface area contributed by atoms with E-state index in [2.05, 4.69) is 0 Å². The van der Waals surface area contributed by atoms with Crippen LogP contribution >= 0.6 is 11.8 Å². The predicted octanol–water partition coefficient (Wildman–Crippen LogP) is 4.13. The summed E-state index contributed by atoms with van der Waals surface area (Å²) in [7, 11) is 0. The van der Waals surface area contributed by atoms with Gasteiger partial charge in [-0.2, -0.15) is 11.8 Å². The fourth-order valence-electron chi connectivity index (χ4n) is 2.19. The summed E-state index contributed by atoms with van der Waals surface area (Å²) in [5.74, 6) is -1.99. The molecular formula is C14H16F2OS. The van der Waals surface area contributed by atoms with Gasteiger partial charge < -0.3 is 0 Å². The van der Waals surface area contributed by atoms with Gasteiger partial charge in [0.2, 0.25) is 0 Å². The Kier molecular flexibility index (Phi) is 4.38. The van der Waals surface area contributed by atoms with Crippen molar-refractivity contribution in [2.24, 2.45) is 0 Å². The van der Waals surface area contributed by atoms with Crippen LogP contribution in [0.1, 0.15) is 41.6 Å². The summed E-state index contributed by atoms with van der Waals surface area (Å²) < 4.78 is 27.0. The minimum atomic E-state index is -1.01. The number of rotatable bonds is 4. The number of Topliss-reactive ketones (excluding diaryl/α,β-unsaturated/α-hetero) is 1. The summed E-state index contributed by atoms with van der Waals surface area (Å²) in [4.78, 5) is 11.9. The lowest BCUT2D eigenvalue weighted by molar-refractivity contribution is 0.101. The van der Waals surface area contributed by atoms with E-state index in [1.165, 1.54) is 31.9 Å². The van der Waals surface area contributed by atoms with Gasteiger partial charge in [-0.3, -0.25) is 4.79 Å². The molecule has 2 rings (SSSR count). The van der Waals surface area contributed by atoms with Crippen LogP contribution in [0, 0.1) is 18.6 Å². The van der Waals surface area contributed by atoms with Crippen molar-refractivity contribution >= 4 is 17.5 Å². The summed E-state index contributed by atoms with van der Waals surface area (Å²) in [5.41, 5.74) is 0.107. The van der Waals surface area contributed by atoms with E-state index >= 15 is 0 Å². The molecule has 0 amide bonds. The highest BCUT2D eigenvalue weighted by atomic mass is 32.2. The monoisotopic (exact) mass is 270 g/mol. The lowest BCUT2D eigenvalue weighted by atomic mass is 10.1. The van der Waals surface area contributed by atoms with Crippen LogP contribution in [0.2, 0.25) is 0 Å². The van der Waals surface area contributed by atoms with Crippen molar-refractivity contribution in [3.63, 3.8) is 0 Å². The maximum Gasteiger partial charge on any atom is 0.175 e. The van der Waals surface area contributed by atoms with Crippen LogP contribution in [0.4, 0.5) is 8.78 Å². The molecule has 1 aliphatic carbocycles. The molecule has 0 unspecified atom stereocenters. The van der Waals surface area contributed by atoms with E-state index in [0.717, 1.165) is 12.8 Å². The van der Waals surface area contributed by atoms with Gasteiger partial charge in [-0.1, -0.05) is 18.9 Å². The Morgan fingerprint density at radius 3 is 2.61 bits per heavy atom. The van der Waals surface area contributed by atoms with Crippen molar-refractivity contribution in [2.45, 2.75) is 37.9 Å². The van der Waals surface area contributed by atoms with Crippen molar-refractivity contribution in [1.82, 2.24) is 0 Å². The lowest BCUT2D eigenvalue weighted by Gasteiger charge is -2.09. The number of carbonyl (C=O) groups is 1. The van der Waals surface area contributed by atoms with Crippen LogP contribution in [0.3, 0.4) is 0 Å². The molecule has 98 valence electrons. The Labute approximate surface area is 110 Å². The summed E-state index contributed by atoms with van der Waals surface area (Å²) in [6.45, 7) is 1.49. The zero-order valence-electron chi connectivity index (χ0n) is 10.3. The third-order valence-electron chi connectivity index (χ3n) is 3.33. The van der Waals surface area contributed by atoms with Gasteiger partial charge in [-0.25, -0.2) is 8.78 Å². The number of hydrogen-bond acceptors (Lipinski definition) is 2. The molecule has 0 heterocycles. The van der Waals surface area contributed by atoms with Gasteiger partial charge in [-0.15, -0.1) is 0 Å².